The van der Waals surface area contributed by atoms with Gasteiger partial charge in [0, 0.05) is 13.1 Å². The summed E-state index contributed by atoms with van der Waals surface area (Å²) in [4.78, 5) is 23.4. The summed E-state index contributed by atoms with van der Waals surface area (Å²) in [5, 5.41) is 0. The lowest BCUT2D eigenvalue weighted by Crippen LogP contribution is -2.46. The van der Waals surface area contributed by atoms with Crippen LogP contribution in [0.5, 0.6) is 0 Å². The number of nitrogens with two attached hydrogens (primary N) is 2. The van der Waals surface area contributed by atoms with E-state index >= 15 is 0 Å². The van der Waals surface area contributed by atoms with Crippen molar-refractivity contribution in [3.63, 3.8) is 0 Å². The molecule has 0 bridgehead atoms. The van der Waals surface area contributed by atoms with Crippen molar-refractivity contribution >= 4 is 11.8 Å². The molecule has 0 aliphatic carbocycles. The predicted molar refractivity (Wildman–Crippen MR) is 49.7 cm³/mol. The number of amides is 2. The fraction of sp³-hybridized carbons (Fsp3) is 0.750. The summed E-state index contributed by atoms with van der Waals surface area (Å²) in [6.07, 6.45) is -0.101. The Balaban J connectivity index is 4.17. The molecule has 5 nitrogen and oxygen atoms in total. The van der Waals surface area contributed by atoms with Crippen molar-refractivity contribution in [1.82, 2.24) is 4.90 Å². The van der Waals surface area contributed by atoms with Gasteiger partial charge in [0.05, 0.1) is 12.5 Å². The van der Waals surface area contributed by atoms with Gasteiger partial charge in [0.25, 0.3) is 0 Å². The molecule has 5 heteroatoms. The molecule has 0 spiro atoms. The van der Waals surface area contributed by atoms with Crippen LogP contribution in [0.3, 0.4) is 0 Å². The van der Waals surface area contributed by atoms with Gasteiger partial charge in [-0.05, 0) is 13.8 Å². The van der Waals surface area contributed by atoms with Crippen molar-refractivity contribution in [3.8, 4) is 0 Å². The van der Waals surface area contributed by atoms with E-state index in [1.807, 2.05) is 13.8 Å². The third-order valence-electron chi connectivity index (χ3n) is 1.86. The summed E-state index contributed by atoms with van der Waals surface area (Å²) in [6.45, 7) is 3.74. The quantitative estimate of drug-likeness (QED) is 0.595. The number of nitrogens with zero attached hydrogens (tertiary/aromatic N) is 1. The highest BCUT2D eigenvalue weighted by Gasteiger charge is 2.21. The Morgan fingerprint density at radius 3 is 2.15 bits per heavy atom. The van der Waals surface area contributed by atoms with Gasteiger partial charge in [-0.1, -0.05) is 0 Å². The van der Waals surface area contributed by atoms with E-state index in [-0.39, 0.29) is 18.4 Å². The summed E-state index contributed by atoms with van der Waals surface area (Å²) in [5.41, 5.74) is 10.4. The van der Waals surface area contributed by atoms with Crippen molar-refractivity contribution in [2.75, 3.05) is 7.05 Å². The second kappa shape index (κ2) is 4.81. The molecule has 0 heterocycles. The average Bonchev–Trinajstić information content (AvgIpc) is 2.00. The van der Waals surface area contributed by atoms with Crippen LogP contribution in [0, 0.1) is 0 Å². The Labute approximate surface area is 78.1 Å². The first kappa shape index (κ1) is 11.9. The van der Waals surface area contributed by atoms with Gasteiger partial charge in [0.2, 0.25) is 11.8 Å². The second-order valence-corrected chi connectivity index (χ2v) is 3.32. The first-order chi connectivity index (χ1) is 5.86. The zero-order valence-electron chi connectivity index (χ0n) is 8.28. The van der Waals surface area contributed by atoms with Gasteiger partial charge in [-0.25, -0.2) is 0 Å². The lowest BCUT2D eigenvalue weighted by molar-refractivity contribution is -0.134. The first-order valence-corrected chi connectivity index (χ1v) is 4.16. The van der Waals surface area contributed by atoms with Crippen LogP contribution in [0.15, 0.2) is 0 Å². The summed E-state index contributed by atoms with van der Waals surface area (Å²) in [5.74, 6) is -0.813. The van der Waals surface area contributed by atoms with E-state index in [9.17, 15) is 9.59 Å². The van der Waals surface area contributed by atoms with Gasteiger partial charge in [-0.15, -0.1) is 0 Å². The van der Waals surface area contributed by atoms with Gasteiger partial charge in [-0.2, -0.15) is 0 Å². The standard InChI is InChI=1S/C8H17N3O2/c1-5(2)11(3)8(13)6(9)4-7(10)12/h5-6H,4,9H2,1-3H3,(H2,10,12). The molecule has 0 aromatic carbocycles. The number of carbonyl (C=O) groups is 2. The van der Waals surface area contributed by atoms with Crippen LogP contribution in [-0.2, 0) is 9.59 Å². The van der Waals surface area contributed by atoms with Crippen LogP contribution in [0.4, 0.5) is 0 Å². The maximum absolute atomic E-state index is 11.4. The van der Waals surface area contributed by atoms with E-state index in [4.69, 9.17) is 11.5 Å². The molecular weight excluding hydrogens is 170 g/mol. The third-order valence-corrected chi connectivity index (χ3v) is 1.86. The minimum absolute atomic E-state index is 0.0754. The van der Waals surface area contributed by atoms with Crippen molar-refractivity contribution < 1.29 is 9.59 Å². The fourth-order valence-electron chi connectivity index (χ4n) is 0.820. The van der Waals surface area contributed by atoms with Gasteiger partial charge in [0.1, 0.15) is 0 Å². The zero-order chi connectivity index (χ0) is 10.6. The van der Waals surface area contributed by atoms with Gasteiger partial charge < -0.3 is 16.4 Å². The SMILES string of the molecule is CC(C)N(C)C(=O)C(N)CC(N)=O. The minimum atomic E-state index is -0.815. The predicted octanol–water partition coefficient (Wildman–Crippen LogP) is -0.944. The van der Waals surface area contributed by atoms with E-state index in [0.29, 0.717) is 0 Å². The fourth-order valence-corrected chi connectivity index (χ4v) is 0.820. The van der Waals surface area contributed by atoms with Crippen LogP contribution in [0.25, 0.3) is 0 Å². The molecule has 1 atom stereocenters. The first-order valence-electron chi connectivity index (χ1n) is 4.16. The Hall–Kier alpha value is -1.10. The van der Waals surface area contributed by atoms with E-state index < -0.39 is 11.9 Å². The summed E-state index contributed by atoms with van der Waals surface area (Å²) in [6, 6.07) is -0.740. The molecule has 1 unspecified atom stereocenters. The van der Waals surface area contributed by atoms with Crippen molar-refractivity contribution in [3.05, 3.63) is 0 Å². The monoisotopic (exact) mass is 187 g/mol. The lowest BCUT2D eigenvalue weighted by atomic mass is 10.1. The molecule has 76 valence electrons. The summed E-state index contributed by atoms with van der Waals surface area (Å²) in [7, 11) is 1.65. The molecule has 0 saturated heterocycles. The molecule has 0 aromatic rings. The molecule has 0 rings (SSSR count). The summed E-state index contributed by atoms with van der Waals surface area (Å²) < 4.78 is 0. The van der Waals surface area contributed by atoms with Crippen molar-refractivity contribution in [1.29, 1.82) is 0 Å². The highest BCUT2D eigenvalue weighted by molar-refractivity contribution is 5.87. The second-order valence-electron chi connectivity index (χ2n) is 3.32. The number of hydrogen-bond acceptors (Lipinski definition) is 3. The number of hydrogen-bond donors (Lipinski definition) is 2. The Morgan fingerprint density at radius 1 is 1.38 bits per heavy atom. The number of primary amides is 1. The van der Waals surface area contributed by atoms with Crippen LogP contribution >= 0.6 is 0 Å². The molecule has 0 radical (unpaired) electrons. The Kier molecular flexibility index (Phi) is 4.40. The molecule has 0 fully saturated rings. The number of rotatable bonds is 4. The smallest absolute Gasteiger partial charge is 0.239 e. The van der Waals surface area contributed by atoms with Crippen molar-refractivity contribution in [2.45, 2.75) is 32.4 Å². The molecule has 4 N–H and O–H groups in total. The van der Waals surface area contributed by atoms with Crippen molar-refractivity contribution in [2.24, 2.45) is 11.5 Å². The molecule has 0 aliphatic heterocycles. The highest BCUT2D eigenvalue weighted by Crippen LogP contribution is 1.99. The topological polar surface area (TPSA) is 89.4 Å². The van der Waals surface area contributed by atoms with Gasteiger partial charge in [-0.3, -0.25) is 9.59 Å². The van der Waals surface area contributed by atoms with E-state index in [1.54, 1.807) is 7.05 Å². The van der Waals surface area contributed by atoms with Crippen LogP contribution < -0.4 is 11.5 Å². The highest BCUT2D eigenvalue weighted by atomic mass is 16.2. The van der Waals surface area contributed by atoms with Gasteiger partial charge in [0.15, 0.2) is 0 Å². The van der Waals surface area contributed by atoms with Crippen LogP contribution in [0.1, 0.15) is 20.3 Å². The Morgan fingerprint density at radius 2 is 1.85 bits per heavy atom. The van der Waals surface area contributed by atoms with Gasteiger partial charge >= 0.3 is 0 Å². The molecular formula is C8H17N3O2. The Bertz CT molecular complexity index is 204. The third kappa shape index (κ3) is 3.89. The maximum Gasteiger partial charge on any atom is 0.239 e. The zero-order valence-corrected chi connectivity index (χ0v) is 8.28. The molecule has 13 heavy (non-hydrogen) atoms. The molecule has 2 amide bonds. The van der Waals surface area contributed by atoms with E-state index in [2.05, 4.69) is 0 Å². The van der Waals surface area contributed by atoms with Crippen LogP contribution in [0.2, 0.25) is 0 Å². The lowest BCUT2D eigenvalue weighted by Gasteiger charge is -2.24. The summed E-state index contributed by atoms with van der Waals surface area (Å²) >= 11 is 0. The van der Waals surface area contributed by atoms with E-state index in [1.165, 1.54) is 4.90 Å². The average molecular weight is 187 g/mol. The number of likely N-dealkylation sites (N-methyl/N-ethyl adjacent to an activating group) is 1. The molecule has 0 aliphatic rings. The normalized spacial score (nSPS) is 12.7. The number of carbonyl (C=O) groups excluding carboxylic acids is 2. The molecule has 0 saturated carbocycles. The largest absolute Gasteiger partial charge is 0.370 e. The van der Waals surface area contributed by atoms with E-state index in [0.717, 1.165) is 0 Å². The molecule has 0 aromatic heterocycles. The minimum Gasteiger partial charge on any atom is -0.370 e. The van der Waals surface area contributed by atoms with Crippen LogP contribution in [-0.4, -0.2) is 35.8 Å². The maximum atomic E-state index is 11.4.